The summed E-state index contributed by atoms with van der Waals surface area (Å²) in [5.41, 5.74) is 3.09. The summed E-state index contributed by atoms with van der Waals surface area (Å²) >= 11 is 0. The number of hydrogen-bond acceptors (Lipinski definition) is 2. The number of benzene rings is 2. The highest BCUT2D eigenvalue weighted by atomic mass is 127. The number of carbonyl (C=O) groups excluding carboxylic acids is 1. The van der Waals surface area contributed by atoms with E-state index in [2.05, 4.69) is 61.0 Å². The Balaban J connectivity index is 0.00000420. The van der Waals surface area contributed by atoms with Crippen LogP contribution in [0.3, 0.4) is 0 Å². The van der Waals surface area contributed by atoms with E-state index in [0.29, 0.717) is 18.0 Å². The average molecular weight is 508 g/mol. The SMILES string of the molecule is CCNC(=NCCc1cccc(C(=O)NC)c1)NC(C)C(C)c1ccccc1.I. The second-order valence-corrected chi connectivity index (χ2v) is 6.92. The molecule has 2 aromatic carbocycles. The van der Waals surface area contributed by atoms with Gasteiger partial charge in [0.05, 0.1) is 0 Å². The topological polar surface area (TPSA) is 65.5 Å². The van der Waals surface area contributed by atoms with Gasteiger partial charge in [0, 0.05) is 37.7 Å². The normalized spacial score (nSPS) is 13.0. The van der Waals surface area contributed by atoms with Gasteiger partial charge in [0.1, 0.15) is 0 Å². The molecule has 0 aliphatic carbocycles. The predicted molar refractivity (Wildman–Crippen MR) is 132 cm³/mol. The number of carbonyl (C=O) groups is 1. The molecule has 0 spiro atoms. The molecule has 2 rings (SSSR count). The molecule has 2 aromatic rings. The molecule has 0 aromatic heterocycles. The quantitative estimate of drug-likeness (QED) is 0.288. The zero-order valence-electron chi connectivity index (χ0n) is 17.7. The molecule has 0 saturated carbocycles. The van der Waals surface area contributed by atoms with E-state index < -0.39 is 0 Å². The van der Waals surface area contributed by atoms with Gasteiger partial charge >= 0.3 is 0 Å². The van der Waals surface area contributed by atoms with Crippen LogP contribution in [0.25, 0.3) is 0 Å². The Morgan fingerprint density at radius 3 is 2.45 bits per heavy atom. The molecule has 158 valence electrons. The molecule has 0 radical (unpaired) electrons. The Bertz CT molecular complexity index is 779. The standard InChI is InChI=1S/C23H32N4O.HI/c1-5-25-23(27-18(3)17(2)20-11-7-6-8-12-20)26-15-14-19-10-9-13-21(16-19)22(28)24-4;/h6-13,16-18H,5,14-15H2,1-4H3,(H,24,28)(H2,25,26,27);1H. The Morgan fingerprint density at radius 1 is 1.07 bits per heavy atom. The Hall–Kier alpha value is -2.09. The molecule has 2 unspecified atom stereocenters. The minimum atomic E-state index is -0.0657. The minimum absolute atomic E-state index is 0. The number of halogens is 1. The van der Waals surface area contributed by atoms with E-state index in [1.165, 1.54) is 5.56 Å². The largest absolute Gasteiger partial charge is 0.357 e. The van der Waals surface area contributed by atoms with Crippen LogP contribution in [0.4, 0.5) is 0 Å². The highest BCUT2D eigenvalue weighted by Gasteiger charge is 2.15. The first kappa shape index (κ1) is 24.9. The second kappa shape index (κ2) is 13.2. The summed E-state index contributed by atoms with van der Waals surface area (Å²) in [4.78, 5) is 16.5. The lowest BCUT2D eigenvalue weighted by atomic mass is 9.94. The molecule has 3 N–H and O–H groups in total. The van der Waals surface area contributed by atoms with E-state index in [1.54, 1.807) is 7.05 Å². The van der Waals surface area contributed by atoms with Crippen LogP contribution in [0.5, 0.6) is 0 Å². The lowest BCUT2D eigenvalue weighted by molar-refractivity contribution is 0.0963. The molecule has 5 nitrogen and oxygen atoms in total. The van der Waals surface area contributed by atoms with Crippen LogP contribution in [0.2, 0.25) is 0 Å². The summed E-state index contributed by atoms with van der Waals surface area (Å²) in [5, 5.41) is 9.49. The van der Waals surface area contributed by atoms with Gasteiger partial charge in [0.25, 0.3) is 5.91 Å². The van der Waals surface area contributed by atoms with E-state index in [9.17, 15) is 4.79 Å². The molecule has 1 amide bonds. The van der Waals surface area contributed by atoms with Crippen LogP contribution >= 0.6 is 24.0 Å². The minimum Gasteiger partial charge on any atom is -0.357 e. The van der Waals surface area contributed by atoms with E-state index in [4.69, 9.17) is 4.99 Å². The van der Waals surface area contributed by atoms with Gasteiger partial charge < -0.3 is 16.0 Å². The van der Waals surface area contributed by atoms with Crippen LogP contribution in [0, 0.1) is 0 Å². The third-order valence-electron chi connectivity index (χ3n) is 4.87. The molecule has 29 heavy (non-hydrogen) atoms. The smallest absolute Gasteiger partial charge is 0.251 e. The van der Waals surface area contributed by atoms with Gasteiger partial charge in [-0.15, -0.1) is 24.0 Å². The monoisotopic (exact) mass is 508 g/mol. The summed E-state index contributed by atoms with van der Waals surface area (Å²) in [5.74, 6) is 1.12. The number of nitrogens with zero attached hydrogens (tertiary/aromatic N) is 1. The molecule has 0 aliphatic rings. The molecular formula is C23H33IN4O. The number of amides is 1. The van der Waals surface area contributed by atoms with Crippen molar-refractivity contribution in [2.24, 2.45) is 4.99 Å². The summed E-state index contributed by atoms with van der Waals surface area (Å²) in [6, 6.07) is 18.4. The van der Waals surface area contributed by atoms with Gasteiger partial charge in [-0.25, -0.2) is 0 Å². The zero-order chi connectivity index (χ0) is 20.4. The molecule has 0 fully saturated rings. The van der Waals surface area contributed by atoms with Crippen molar-refractivity contribution >= 4 is 35.8 Å². The van der Waals surface area contributed by atoms with Crippen molar-refractivity contribution in [2.75, 3.05) is 20.1 Å². The lowest BCUT2D eigenvalue weighted by Crippen LogP contribution is -2.44. The Labute approximate surface area is 191 Å². The van der Waals surface area contributed by atoms with Gasteiger partial charge in [0.2, 0.25) is 0 Å². The van der Waals surface area contributed by atoms with Gasteiger partial charge in [-0.2, -0.15) is 0 Å². The highest BCUT2D eigenvalue weighted by molar-refractivity contribution is 14.0. The number of guanidine groups is 1. The van der Waals surface area contributed by atoms with Crippen molar-refractivity contribution in [3.05, 3.63) is 71.3 Å². The van der Waals surface area contributed by atoms with Crippen molar-refractivity contribution in [1.29, 1.82) is 0 Å². The second-order valence-electron chi connectivity index (χ2n) is 6.92. The van der Waals surface area contributed by atoms with Crippen molar-refractivity contribution in [3.8, 4) is 0 Å². The number of hydrogen-bond donors (Lipinski definition) is 3. The summed E-state index contributed by atoms with van der Waals surface area (Å²) in [6.45, 7) is 7.93. The maximum atomic E-state index is 11.8. The van der Waals surface area contributed by atoms with Crippen LogP contribution in [0.1, 0.15) is 48.2 Å². The first-order chi connectivity index (χ1) is 13.5. The van der Waals surface area contributed by atoms with E-state index in [0.717, 1.165) is 24.5 Å². The molecule has 0 aliphatic heterocycles. The molecule has 0 heterocycles. The van der Waals surface area contributed by atoms with Gasteiger partial charge in [0.15, 0.2) is 5.96 Å². The molecule has 0 bridgehead atoms. The van der Waals surface area contributed by atoms with Crippen LogP contribution in [-0.2, 0) is 6.42 Å². The van der Waals surface area contributed by atoms with Gasteiger partial charge in [-0.3, -0.25) is 9.79 Å². The number of rotatable bonds is 8. The molecule has 2 atom stereocenters. The number of nitrogens with one attached hydrogen (secondary N) is 3. The fourth-order valence-corrected chi connectivity index (χ4v) is 3.02. The molecule has 6 heteroatoms. The van der Waals surface area contributed by atoms with Crippen molar-refractivity contribution in [2.45, 2.75) is 39.2 Å². The first-order valence-corrected chi connectivity index (χ1v) is 9.96. The fraction of sp³-hybridized carbons (Fsp3) is 0.391. The summed E-state index contributed by atoms with van der Waals surface area (Å²) in [7, 11) is 1.64. The zero-order valence-corrected chi connectivity index (χ0v) is 20.1. The third-order valence-corrected chi connectivity index (χ3v) is 4.87. The van der Waals surface area contributed by atoms with Crippen molar-refractivity contribution in [3.63, 3.8) is 0 Å². The Kier molecular flexibility index (Phi) is 11.3. The maximum absolute atomic E-state index is 11.8. The van der Waals surface area contributed by atoms with Crippen molar-refractivity contribution < 1.29 is 4.79 Å². The molecule has 0 saturated heterocycles. The van der Waals surface area contributed by atoms with Crippen LogP contribution in [-0.4, -0.2) is 38.0 Å². The third kappa shape index (κ3) is 8.04. The highest BCUT2D eigenvalue weighted by Crippen LogP contribution is 2.18. The fourth-order valence-electron chi connectivity index (χ4n) is 3.02. The van der Waals surface area contributed by atoms with Gasteiger partial charge in [-0.1, -0.05) is 49.4 Å². The van der Waals surface area contributed by atoms with E-state index in [1.807, 2.05) is 30.3 Å². The average Bonchev–Trinajstić information content (AvgIpc) is 2.73. The summed E-state index contributed by atoms with van der Waals surface area (Å²) < 4.78 is 0. The predicted octanol–water partition coefficient (Wildman–Crippen LogP) is 3.95. The van der Waals surface area contributed by atoms with Crippen LogP contribution in [0.15, 0.2) is 59.6 Å². The Morgan fingerprint density at radius 2 is 1.79 bits per heavy atom. The molecular weight excluding hydrogens is 475 g/mol. The van der Waals surface area contributed by atoms with Gasteiger partial charge in [-0.05, 0) is 43.5 Å². The summed E-state index contributed by atoms with van der Waals surface area (Å²) in [6.07, 6.45) is 0.782. The maximum Gasteiger partial charge on any atom is 0.251 e. The first-order valence-electron chi connectivity index (χ1n) is 9.96. The number of aliphatic imine (C=N–C) groups is 1. The van der Waals surface area contributed by atoms with Crippen molar-refractivity contribution in [1.82, 2.24) is 16.0 Å². The van der Waals surface area contributed by atoms with Crippen LogP contribution < -0.4 is 16.0 Å². The van der Waals surface area contributed by atoms with E-state index in [-0.39, 0.29) is 35.9 Å². The lowest BCUT2D eigenvalue weighted by Gasteiger charge is -2.24. The van der Waals surface area contributed by atoms with E-state index >= 15 is 0 Å².